The van der Waals surface area contributed by atoms with Crippen molar-refractivity contribution in [2.45, 2.75) is 77.7 Å². The Morgan fingerprint density at radius 2 is 1.48 bits per heavy atom. The number of carbonyl (C=O) groups is 5. The van der Waals surface area contributed by atoms with E-state index in [0.29, 0.717) is 18.4 Å². The van der Waals surface area contributed by atoms with Gasteiger partial charge in [-0.3, -0.25) is 24.0 Å². The largest absolute Gasteiger partial charge is 0.481 e. The van der Waals surface area contributed by atoms with E-state index in [1.807, 2.05) is 55.5 Å². The Hall–Kier alpha value is -5.10. The number of benzene rings is 3. The van der Waals surface area contributed by atoms with Crippen molar-refractivity contribution in [2.75, 3.05) is 18.1 Å². The molecule has 0 aromatic heterocycles. The van der Waals surface area contributed by atoms with Gasteiger partial charge in [0, 0.05) is 32.4 Å². The molecule has 0 saturated carbocycles. The molecule has 2 aliphatic heterocycles. The fourth-order valence-corrected chi connectivity index (χ4v) is 7.16. The van der Waals surface area contributed by atoms with Crippen LogP contribution in [0.1, 0.15) is 61.9 Å². The summed E-state index contributed by atoms with van der Waals surface area (Å²) in [6.45, 7) is 5.08. The lowest BCUT2D eigenvalue weighted by atomic mass is 9.77. The highest BCUT2D eigenvalue weighted by atomic mass is 19.1. The minimum atomic E-state index is -1.22. The predicted molar refractivity (Wildman–Crippen MR) is 186 cm³/mol. The number of halogens is 1. The molecular formula is C40H44FNO10. The highest BCUT2D eigenvalue weighted by molar-refractivity contribution is 6.03. The zero-order chi connectivity index (χ0) is 37.5. The zero-order valence-electron chi connectivity index (χ0n) is 29.7. The van der Waals surface area contributed by atoms with Crippen molar-refractivity contribution in [3.63, 3.8) is 0 Å². The molecule has 0 aliphatic carbocycles. The van der Waals surface area contributed by atoms with Crippen LogP contribution in [0, 0.1) is 30.5 Å². The number of aliphatic carboxylic acids is 1. The van der Waals surface area contributed by atoms with Crippen molar-refractivity contribution < 1.29 is 52.4 Å². The summed E-state index contributed by atoms with van der Waals surface area (Å²) >= 11 is 0. The summed E-state index contributed by atoms with van der Waals surface area (Å²) in [6, 6.07) is 21.3. The molecule has 2 aliphatic rings. The zero-order valence-corrected chi connectivity index (χ0v) is 29.7. The Morgan fingerprint density at radius 3 is 2.08 bits per heavy atom. The minimum absolute atomic E-state index is 0.0196. The van der Waals surface area contributed by atoms with Gasteiger partial charge in [-0.1, -0.05) is 54.1 Å². The highest BCUT2D eigenvalue weighted by Gasteiger charge is 2.50. The molecular weight excluding hydrogens is 673 g/mol. The van der Waals surface area contributed by atoms with Crippen molar-refractivity contribution in [3.8, 4) is 0 Å². The van der Waals surface area contributed by atoms with Crippen LogP contribution in [0.5, 0.6) is 0 Å². The second kappa shape index (κ2) is 16.9. The van der Waals surface area contributed by atoms with Gasteiger partial charge in [-0.25, -0.2) is 4.39 Å². The van der Waals surface area contributed by atoms with Gasteiger partial charge in [0.1, 0.15) is 24.6 Å². The molecule has 3 aromatic carbocycles. The number of carbonyl (C=O) groups excluding carboxylic acids is 4. The molecule has 0 unspecified atom stereocenters. The number of esters is 3. The molecule has 276 valence electrons. The smallest absolute Gasteiger partial charge is 0.307 e. The molecule has 3 aromatic rings. The van der Waals surface area contributed by atoms with E-state index in [0.717, 1.165) is 28.8 Å². The minimum Gasteiger partial charge on any atom is -0.481 e. The maximum Gasteiger partial charge on any atom is 0.307 e. The molecule has 0 bridgehead atoms. The molecule has 2 fully saturated rings. The molecule has 5 rings (SSSR count). The molecule has 2 heterocycles. The first-order valence-electron chi connectivity index (χ1n) is 17.4. The van der Waals surface area contributed by atoms with E-state index in [4.69, 9.17) is 18.9 Å². The number of β-lactam (4-membered cyclic amide) rings is 1. The summed E-state index contributed by atoms with van der Waals surface area (Å²) < 4.78 is 35.4. The van der Waals surface area contributed by atoms with Crippen LogP contribution in [-0.4, -0.2) is 66.4 Å². The van der Waals surface area contributed by atoms with Crippen LogP contribution in [0.3, 0.4) is 0 Å². The lowest BCUT2D eigenvalue weighted by Crippen LogP contribution is -2.58. The van der Waals surface area contributed by atoms with E-state index < -0.39 is 54.0 Å². The van der Waals surface area contributed by atoms with Gasteiger partial charge in [0.05, 0.1) is 24.5 Å². The Bertz CT molecular complexity index is 1740. The van der Waals surface area contributed by atoms with E-state index in [-0.39, 0.29) is 43.3 Å². The molecule has 0 radical (unpaired) electrons. The number of hydrogen-bond acceptors (Lipinski definition) is 9. The number of hydrogen-bond donors (Lipinski definition) is 1. The standard InChI is InChI=1S/C40H44FNO10/c1-23-8-18-31(19-9-23)42-36(32(39(42)46)7-5-6-27-12-16-30(41)17-13-27)29-14-10-28(11-15-29)20-33(40(47)48)34-21-50-35(22-49-24(2)43)38(52-26(4)45)37(34)51-25(3)44/h8-19,32-38H,5-7,20-22H2,1-4H3,(H,47,48)/t32-,33-,34-,35-,36-,37-,38+/m1/s1. The second-order valence-electron chi connectivity index (χ2n) is 13.5. The number of carboxylic acids is 1. The molecule has 0 spiro atoms. The monoisotopic (exact) mass is 717 g/mol. The molecule has 7 atom stereocenters. The number of rotatable bonds is 14. The van der Waals surface area contributed by atoms with Crippen molar-refractivity contribution in [3.05, 3.63) is 101 Å². The Balaban J connectivity index is 1.36. The van der Waals surface area contributed by atoms with Gasteiger partial charge in [0.2, 0.25) is 5.91 Å². The van der Waals surface area contributed by atoms with E-state index in [1.54, 1.807) is 17.0 Å². The normalized spacial score (nSPS) is 23.2. The third-order valence-electron chi connectivity index (χ3n) is 9.70. The van der Waals surface area contributed by atoms with Crippen LogP contribution in [0.25, 0.3) is 0 Å². The van der Waals surface area contributed by atoms with Crippen LogP contribution in [0.4, 0.5) is 10.1 Å². The number of carboxylic acid groups (broad SMARTS) is 1. The summed E-state index contributed by atoms with van der Waals surface area (Å²) in [5, 5.41) is 10.4. The van der Waals surface area contributed by atoms with Crippen LogP contribution >= 0.6 is 0 Å². The van der Waals surface area contributed by atoms with Crippen LogP contribution in [-0.2, 0) is 55.8 Å². The summed E-state index contributed by atoms with van der Waals surface area (Å²) in [5.74, 6) is -5.73. The van der Waals surface area contributed by atoms with Gasteiger partial charge in [0.25, 0.3) is 0 Å². The van der Waals surface area contributed by atoms with E-state index in [9.17, 15) is 33.5 Å². The van der Waals surface area contributed by atoms with Crippen LogP contribution in [0.15, 0.2) is 72.8 Å². The van der Waals surface area contributed by atoms with E-state index in [1.165, 1.54) is 32.9 Å². The average molecular weight is 718 g/mol. The molecule has 11 nitrogen and oxygen atoms in total. The number of nitrogens with zero attached hydrogens (tertiary/aromatic N) is 1. The number of aryl methyl sites for hydroxylation is 2. The Labute approximate surface area is 302 Å². The van der Waals surface area contributed by atoms with Crippen molar-refractivity contribution in [1.82, 2.24) is 0 Å². The van der Waals surface area contributed by atoms with Crippen molar-refractivity contribution in [2.24, 2.45) is 17.8 Å². The lowest BCUT2D eigenvalue weighted by molar-refractivity contribution is -0.220. The van der Waals surface area contributed by atoms with E-state index >= 15 is 0 Å². The van der Waals surface area contributed by atoms with Gasteiger partial charge in [-0.2, -0.15) is 0 Å². The molecule has 1 N–H and O–H groups in total. The molecule has 52 heavy (non-hydrogen) atoms. The summed E-state index contributed by atoms with van der Waals surface area (Å²) in [6.07, 6.45) is -1.26. The van der Waals surface area contributed by atoms with Gasteiger partial charge >= 0.3 is 23.9 Å². The first kappa shape index (κ1) is 38.1. The van der Waals surface area contributed by atoms with E-state index in [2.05, 4.69) is 0 Å². The SMILES string of the molecule is CC(=O)OC[C@H]1OC[C@H]([C@@H](Cc2ccc([C@@H]3[C@@H](CCCc4ccc(F)cc4)C(=O)N3c3ccc(C)cc3)cc2)C(=O)O)[C@@H](OC(C)=O)[C@H]1OC(C)=O. The quantitative estimate of drug-likeness (QED) is 0.128. The fourth-order valence-electron chi connectivity index (χ4n) is 7.16. The summed E-state index contributed by atoms with van der Waals surface area (Å²) in [5.41, 5.74) is 4.43. The van der Waals surface area contributed by atoms with Gasteiger partial charge in [-0.05, 0) is 73.6 Å². The number of ether oxygens (including phenoxy) is 4. The Morgan fingerprint density at radius 1 is 0.865 bits per heavy atom. The Kier molecular flexibility index (Phi) is 12.4. The van der Waals surface area contributed by atoms with Crippen LogP contribution < -0.4 is 4.90 Å². The number of amides is 1. The molecule has 1 amide bonds. The van der Waals surface area contributed by atoms with Gasteiger partial charge in [-0.15, -0.1) is 0 Å². The van der Waals surface area contributed by atoms with Crippen LogP contribution in [0.2, 0.25) is 0 Å². The lowest BCUT2D eigenvalue weighted by Gasteiger charge is -2.48. The highest BCUT2D eigenvalue weighted by Crippen LogP contribution is 2.46. The first-order chi connectivity index (χ1) is 24.8. The maximum absolute atomic E-state index is 13.6. The maximum atomic E-state index is 13.6. The summed E-state index contributed by atoms with van der Waals surface area (Å²) in [7, 11) is 0. The number of anilines is 1. The van der Waals surface area contributed by atoms with Gasteiger partial charge in [0.15, 0.2) is 6.10 Å². The molecule has 12 heteroatoms. The average Bonchev–Trinajstić information content (AvgIpc) is 3.09. The topological polar surface area (TPSA) is 146 Å². The fraction of sp³-hybridized carbons (Fsp3) is 0.425. The summed E-state index contributed by atoms with van der Waals surface area (Å²) in [4.78, 5) is 63.9. The van der Waals surface area contributed by atoms with Gasteiger partial charge < -0.3 is 29.0 Å². The van der Waals surface area contributed by atoms with Crippen molar-refractivity contribution in [1.29, 1.82) is 0 Å². The second-order valence-corrected chi connectivity index (χ2v) is 13.5. The van der Waals surface area contributed by atoms with Crippen molar-refractivity contribution >= 4 is 35.5 Å². The third-order valence-corrected chi connectivity index (χ3v) is 9.70. The predicted octanol–water partition coefficient (Wildman–Crippen LogP) is 5.55. The first-order valence-corrected chi connectivity index (χ1v) is 17.4. The third kappa shape index (κ3) is 9.22. The molecule has 2 saturated heterocycles.